The van der Waals surface area contributed by atoms with Gasteiger partial charge in [-0.1, -0.05) is 23.7 Å². The number of carbonyl (C=O) groups excluding carboxylic acids is 1. The van der Waals surface area contributed by atoms with Crippen LogP contribution in [0.25, 0.3) is 6.08 Å². The number of hydrogen-bond donors (Lipinski definition) is 1. The number of pyridine rings is 1. The van der Waals surface area contributed by atoms with Gasteiger partial charge in [-0.05, 0) is 47.7 Å². The lowest BCUT2D eigenvalue weighted by Gasteiger charge is -2.07. The zero-order valence-corrected chi connectivity index (χ0v) is 13.7. The SMILES string of the molecule is CN1C(=O)/C(=C/c2ccc(O)cc2)SC1=Nc1cccnc1Cl. The minimum atomic E-state index is -0.137. The normalized spacial score (nSPS) is 18.2. The maximum Gasteiger partial charge on any atom is 0.266 e. The van der Waals surface area contributed by atoms with E-state index in [0.717, 1.165) is 5.56 Å². The second kappa shape index (κ2) is 6.44. The van der Waals surface area contributed by atoms with E-state index in [2.05, 4.69) is 9.98 Å². The van der Waals surface area contributed by atoms with Crippen molar-refractivity contribution in [2.24, 2.45) is 4.99 Å². The first-order chi connectivity index (χ1) is 11.0. The number of nitrogens with zero attached hydrogens (tertiary/aromatic N) is 3. The van der Waals surface area contributed by atoms with E-state index in [-0.39, 0.29) is 16.8 Å². The van der Waals surface area contributed by atoms with Crippen molar-refractivity contribution >= 4 is 46.2 Å². The van der Waals surface area contributed by atoms with Gasteiger partial charge in [0.2, 0.25) is 0 Å². The molecular weight excluding hydrogens is 334 g/mol. The molecule has 1 N–H and O–H groups in total. The highest BCUT2D eigenvalue weighted by molar-refractivity contribution is 8.18. The fraction of sp³-hybridized carbons (Fsp3) is 0.0625. The number of carbonyl (C=O) groups is 1. The van der Waals surface area contributed by atoms with Crippen molar-refractivity contribution in [1.29, 1.82) is 0 Å². The van der Waals surface area contributed by atoms with Gasteiger partial charge in [-0.3, -0.25) is 9.69 Å². The summed E-state index contributed by atoms with van der Waals surface area (Å²) in [6.45, 7) is 0. The number of thioether (sulfide) groups is 1. The summed E-state index contributed by atoms with van der Waals surface area (Å²) in [6.07, 6.45) is 3.34. The van der Waals surface area contributed by atoms with Crippen molar-refractivity contribution in [2.75, 3.05) is 7.05 Å². The fourth-order valence-corrected chi connectivity index (χ4v) is 3.08. The molecule has 0 atom stereocenters. The summed E-state index contributed by atoms with van der Waals surface area (Å²) >= 11 is 7.27. The number of rotatable bonds is 2. The maximum atomic E-state index is 12.3. The summed E-state index contributed by atoms with van der Waals surface area (Å²) in [6, 6.07) is 10.1. The van der Waals surface area contributed by atoms with Gasteiger partial charge >= 0.3 is 0 Å². The molecule has 1 aliphatic rings. The molecule has 2 heterocycles. The van der Waals surface area contributed by atoms with Crippen LogP contribution >= 0.6 is 23.4 Å². The molecule has 0 unspecified atom stereocenters. The zero-order chi connectivity index (χ0) is 16.4. The number of aromatic nitrogens is 1. The summed E-state index contributed by atoms with van der Waals surface area (Å²) in [5, 5.41) is 10.1. The molecule has 2 aromatic rings. The lowest BCUT2D eigenvalue weighted by atomic mass is 10.2. The van der Waals surface area contributed by atoms with E-state index in [1.54, 1.807) is 55.7 Å². The highest BCUT2D eigenvalue weighted by Crippen LogP contribution is 2.34. The highest BCUT2D eigenvalue weighted by atomic mass is 35.5. The first-order valence-corrected chi connectivity index (χ1v) is 7.90. The van der Waals surface area contributed by atoms with Gasteiger partial charge in [0.05, 0.1) is 4.91 Å². The Labute approximate surface area is 142 Å². The average molecular weight is 346 g/mol. The number of amidine groups is 1. The Morgan fingerprint density at radius 3 is 2.74 bits per heavy atom. The van der Waals surface area contributed by atoms with Gasteiger partial charge < -0.3 is 5.11 Å². The maximum absolute atomic E-state index is 12.3. The molecule has 0 aliphatic carbocycles. The van der Waals surface area contributed by atoms with E-state index >= 15 is 0 Å². The number of likely N-dealkylation sites (N-methyl/N-ethyl adjacent to an activating group) is 1. The van der Waals surface area contributed by atoms with Crippen molar-refractivity contribution in [1.82, 2.24) is 9.88 Å². The van der Waals surface area contributed by atoms with Crippen LogP contribution in [-0.2, 0) is 4.79 Å². The molecule has 1 amide bonds. The van der Waals surface area contributed by atoms with Gasteiger partial charge in [0.25, 0.3) is 5.91 Å². The van der Waals surface area contributed by atoms with Crippen LogP contribution in [0.3, 0.4) is 0 Å². The number of amides is 1. The molecular formula is C16H12ClN3O2S. The number of phenolic OH excluding ortho intramolecular Hbond substituents is 1. The van der Waals surface area contributed by atoms with E-state index in [0.29, 0.717) is 15.8 Å². The van der Waals surface area contributed by atoms with Gasteiger partial charge in [-0.25, -0.2) is 9.98 Å². The van der Waals surface area contributed by atoms with Gasteiger partial charge in [0.1, 0.15) is 11.4 Å². The first kappa shape index (κ1) is 15.6. The van der Waals surface area contributed by atoms with Gasteiger partial charge in [0.15, 0.2) is 10.3 Å². The summed E-state index contributed by atoms with van der Waals surface area (Å²) in [5.74, 6) is 0.0463. The molecule has 0 bridgehead atoms. The van der Waals surface area contributed by atoms with E-state index in [1.807, 2.05) is 0 Å². The van der Waals surface area contributed by atoms with Crippen LogP contribution in [0.2, 0.25) is 5.15 Å². The lowest BCUT2D eigenvalue weighted by molar-refractivity contribution is -0.121. The molecule has 3 rings (SSSR count). The second-order valence-electron chi connectivity index (χ2n) is 4.77. The number of phenols is 1. The standard InChI is InChI=1S/C16H12ClN3O2S/c1-20-15(22)13(9-10-4-6-11(21)7-5-10)23-16(20)19-12-3-2-8-18-14(12)17/h2-9,21H,1H3/b13-9-,19-16?. The molecule has 1 aromatic heterocycles. The molecule has 116 valence electrons. The summed E-state index contributed by atoms with van der Waals surface area (Å²) in [7, 11) is 1.66. The lowest BCUT2D eigenvalue weighted by Crippen LogP contribution is -2.23. The quantitative estimate of drug-likeness (QED) is 0.666. The Morgan fingerprint density at radius 1 is 1.30 bits per heavy atom. The Morgan fingerprint density at radius 2 is 2.04 bits per heavy atom. The number of hydrogen-bond acceptors (Lipinski definition) is 5. The van der Waals surface area contributed by atoms with Crippen molar-refractivity contribution in [3.8, 4) is 5.75 Å². The number of aliphatic imine (C=N–C) groups is 1. The van der Waals surface area contributed by atoms with Crippen molar-refractivity contribution in [3.63, 3.8) is 0 Å². The highest BCUT2D eigenvalue weighted by Gasteiger charge is 2.30. The van der Waals surface area contributed by atoms with E-state index in [4.69, 9.17) is 11.6 Å². The van der Waals surface area contributed by atoms with E-state index in [1.165, 1.54) is 16.7 Å². The molecule has 23 heavy (non-hydrogen) atoms. The van der Waals surface area contributed by atoms with Crippen LogP contribution < -0.4 is 0 Å². The van der Waals surface area contributed by atoms with Gasteiger partial charge in [-0.2, -0.15) is 0 Å². The van der Waals surface area contributed by atoms with Crippen LogP contribution in [0, 0.1) is 0 Å². The molecule has 0 saturated carbocycles. The van der Waals surface area contributed by atoms with Crippen LogP contribution in [-0.4, -0.2) is 33.1 Å². The predicted molar refractivity (Wildman–Crippen MR) is 92.8 cm³/mol. The topological polar surface area (TPSA) is 65.8 Å². The van der Waals surface area contributed by atoms with Crippen LogP contribution in [0.5, 0.6) is 5.75 Å². The minimum absolute atomic E-state index is 0.137. The Hall–Kier alpha value is -2.31. The van der Waals surface area contributed by atoms with E-state index in [9.17, 15) is 9.90 Å². The van der Waals surface area contributed by atoms with Crippen LogP contribution in [0.4, 0.5) is 5.69 Å². The monoisotopic (exact) mass is 345 g/mol. The van der Waals surface area contributed by atoms with Gasteiger partial charge in [-0.15, -0.1) is 0 Å². The fourth-order valence-electron chi connectivity index (χ4n) is 1.94. The summed E-state index contributed by atoms with van der Waals surface area (Å²) in [4.78, 5) is 22.7. The van der Waals surface area contributed by atoms with Gasteiger partial charge in [0, 0.05) is 13.2 Å². The van der Waals surface area contributed by atoms with Crippen molar-refractivity contribution < 1.29 is 9.90 Å². The Balaban J connectivity index is 1.91. The summed E-state index contributed by atoms with van der Waals surface area (Å²) < 4.78 is 0. The summed E-state index contributed by atoms with van der Waals surface area (Å²) in [5.41, 5.74) is 1.34. The number of aromatic hydroxyl groups is 1. The molecule has 7 heteroatoms. The minimum Gasteiger partial charge on any atom is -0.508 e. The molecule has 1 saturated heterocycles. The third kappa shape index (κ3) is 3.38. The molecule has 0 spiro atoms. The van der Waals surface area contributed by atoms with Crippen molar-refractivity contribution in [2.45, 2.75) is 0 Å². The molecule has 0 radical (unpaired) electrons. The molecule has 5 nitrogen and oxygen atoms in total. The molecule has 1 fully saturated rings. The number of halogens is 1. The zero-order valence-electron chi connectivity index (χ0n) is 12.1. The van der Waals surface area contributed by atoms with Crippen molar-refractivity contribution in [3.05, 3.63) is 58.2 Å². The average Bonchev–Trinajstić information content (AvgIpc) is 2.80. The Bertz CT molecular complexity index is 818. The number of benzene rings is 1. The smallest absolute Gasteiger partial charge is 0.266 e. The third-order valence-corrected chi connectivity index (χ3v) is 4.50. The first-order valence-electron chi connectivity index (χ1n) is 6.70. The third-order valence-electron chi connectivity index (χ3n) is 3.15. The predicted octanol–water partition coefficient (Wildman–Crippen LogP) is 3.67. The van der Waals surface area contributed by atoms with Crippen LogP contribution in [0.1, 0.15) is 5.56 Å². The molecule has 1 aliphatic heterocycles. The largest absolute Gasteiger partial charge is 0.508 e. The van der Waals surface area contributed by atoms with E-state index < -0.39 is 0 Å². The second-order valence-corrected chi connectivity index (χ2v) is 6.14. The van der Waals surface area contributed by atoms with Crippen LogP contribution in [0.15, 0.2) is 52.5 Å². The Kier molecular flexibility index (Phi) is 4.36. The molecule has 1 aromatic carbocycles.